The van der Waals surface area contributed by atoms with Gasteiger partial charge in [0, 0.05) is 11.3 Å². The normalized spacial score (nSPS) is 16.1. The molecule has 0 fully saturated rings. The van der Waals surface area contributed by atoms with Gasteiger partial charge in [-0.1, -0.05) is 24.6 Å². The molecule has 0 saturated carbocycles. The summed E-state index contributed by atoms with van der Waals surface area (Å²) in [5.41, 5.74) is 1.89. The van der Waals surface area contributed by atoms with Crippen molar-refractivity contribution in [3.63, 3.8) is 0 Å². The number of halogens is 1. The summed E-state index contributed by atoms with van der Waals surface area (Å²) in [5.74, 6) is -0.916. The van der Waals surface area contributed by atoms with Crippen LogP contribution in [0.1, 0.15) is 25.3 Å². The zero-order valence-corrected chi connectivity index (χ0v) is 18.4. The molecule has 2 N–H and O–H groups in total. The first-order valence-electron chi connectivity index (χ1n) is 9.10. The molecule has 0 aromatic heterocycles. The highest BCUT2D eigenvalue weighted by atomic mass is 35.5. The molecule has 0 saturated heterocycles. The van der Waals surface area contributed by atoms with Crippen molar-refractivity contribution < 1.29 is 18.0 Å². The first kappa shape index (κ1) is 21.7. The third-order valence-electron chi connectivity index (χ3n) is 4.50. The second-order valence-corrected chi connectivity index (χ2v) is 10.5. The van der Waals surface area contributed by atoms with Gasteiger partial charge in [0.15, 0.2) is 9.84 Å². The van der Waals surface area contributed by atoms with E-state index in [1.165, 1.54) is 23.9 Å². The van der Waals surface area contributed by atoms with Crippen LogP contribution in [-0.4, -0.2) is 31.2 Å². The molecule has 154 valence electrons. The van der Waals surface area contributed by atoms with Crippen LogP contribution in [0.4, 0.5) is 11.4 Å². The monoisotopic (exact) mass is 452 g/mol. The van der Waals surface area contributed by atoms with Crippen molar-refractivity contribution in [3.05, 3.63) is 47.0 Å². The smallest absolute Gasteiger partial charge is 0.237 e. The van der Waals surface area contributed by atoms with Gasteiger partial charge in [0.05, 0.1) is 32.3 Å². The lowest BCUT2D eigenvalue weighted by Crippen LogP contribution is -2.28. The Kier molecular flexibility index (Phi) is 6.55. The fraction of sp³-hybridized carbons (Fsp3) is 0.300. The maximum atomic E-state index is 12.7. The molecule has 0 aliphatic carbocycles. The van der Waals surface area contributed by atoms with E-state index in [1.807, 2.05) is 13.8 Å². The Balaban J connectivity index is 1.67. The standard InChI is InChI=1S/C20H21ClN2O4S2/c1-3-17-20(25)23-16-11-13(5-7-18(16)28-17)29(26,27)9-8-19(24)22-15-6-4-12(2)10-14(15)21/h4-7,10-11,17H,3,8-9H2,1-2H3,(H,22,24)(H,23,25). The number of carbonyl (C=O) groups is 2. The van der Waals surface area contributed by atoms with Crippen LogP contribution in [0.15, 0.2) is 46.2 Å². The van der Waals surface area contributed by atoms with E-state index in [0.29, 0.717) is 22.8 Å². The van der Waals surface area contributed by atoms with Gasteiger partial charge in [0.1, 0.15) is 0 Å². The minimum absolute atomic E-state index is 0.0771. The lowest BCUT2D eigenvalue weighted by Gasteiger charge is -2.23. The van der Waals surface area contributed by atoms with Crippen LogP contribution in [-0.2, 0) is 19.4 Å². The fourth-order valence-electron chi connectivity index (χ4n) is 2.87. The van der Waals surface area contributed by atoms with Crippen LogP contribution < -0.4 is 10.6 Å². The van der Waals surface area contributed by atoms with Crippen LogP contribution in [0.3, 0.4) is 0 Å². The van der Waals surface area contributed by atoms with Crippen molar-refractivity contribution in [2.45, 2.75) is 41.7 Å². The molecule has 1 unspecified atom stereocenters. The molecule has 1 atom stereocenters. The van der Waals surface area contributed by atoms with E-state index >= 15 is 0 Å². The molecule has 0 radical (unpaired) electrons. The van der Waals surface area contributed by atoms with Gasteiger partial charge in [-0.2, -0.15) is 0 Å². The molecule has 1 aliphatic heterocycles. The fourth-order valence-corrected chi connectivity index (χ4v) is 5.44. The van der Waals surface area contributed by atoms with E-state index in [-0.39, 0.29) is 28.2 Å². The number of benzene rings is 2. The van der Waals surface area contributed by atoms with Crippen molar-refractivity contribution in [3.8, 4) is 0 Å². The van der Waals surface area contributed by atoms with Crippen molar-refractivity contribution >= 4 is 56.4 Å². The number of rotatable bonds is 6. The molecule has 1 aliphatic rings. The summed E-state index contributed by atoms with van der Waals surface area (Å²) in [6.45, 7) is 3.81. The van der Waals surface area contributed by atoms with Gasteiger partial charge in [0.25, 0.3) is 0 Å². The molecular formula is C20H21ClN2O4S2. The molecule has 29 heavy (non-hydrogen) atoms. The van der Waals surface area contributed by atoms with Crippen molar-refractivity contribution in [2.75, 3.05) is 16.4 Å². The Morgan fingerprint density at radius 1 is 1.24 bits per heavy atom. The SMILES string of the molecule is CCC1Sc2ccc(S(=O)(=O)CCC(=O)Nc3ccc(C)cc3Cl)cc2NC1=O. The summed E-state index contributed by atoms with van der Waals surface area (Å²) in [6.07, 6.45) is 0.485. The Labute approximate surface area is 179 Å². The second-order valence-electron chi connectivity index (χ2n) is 6.76. The number of aryl methyl sites for hydroxylation is 1. The molecular weight excluding hydrogens is 432 g/mol. The number of amides is 2. The van der Waals surface area contributed by atoms with Gasteiger partial charge in [-0.05, 0) is 49.2 Å². The molecule has 2 aromatic rings. The summed E-state index contributed by atoms with van der Waals surface area (Å²) >= 11 is 7.51. The zero-order chi connectivity index (χ0) is 21.2. The molecule has 6 nitrogen and oxygen atoms in total. The molecule has 2 amide bonds. The first-order chi connectivity index (χ1) is 13.7. The summed E-state index contributed by atoms with van der Waals surface area (Å²) < 4.78 is 25.3. The minimum atomic E-state index is -3.69. The highest BCUT2D eigenvalue weighted by molar-refractivity contribution is 8.01. The van der Waals surface area contributed by atoms with E-state index in [4.69, 9.17) is 11.6 Å². The third-order valence-corrected chi connectivity index (χ3v) is 7.97. The highest BCUT2D eigenvalue weighted by Crippen LogP contribution is 2.38. The quantitative estimate of drug-likeness (QED) is 0.682. The van der Waals surface area contributed by atoms with E-state index in [0.717, 1.165) is 10.5 Å². The molecule has 0 bridgehead atoms. The molecule has 2 aromatic carbocycles. The van der Waals surface area contributed by atoms with Gasteiger partial charge >= 0.3 is 0 Å². The van der Waals surface area contributed by atoms with Gasteiger partial charge in [-0.25, -0.2) is 8.42 Å². The van der Waals surface area contributed by atoms with E-state index in [9.17, 15) is 18.0 Å². The first-order valence-corrected chi connectivity index (χ1v) is 12.0. The van der Waals surface area contributed by atoms with Gasteiger partial charge < -0.3 is 10.6 Å². The highest BCUT2D eigenvalue weighted by Gasteiger charge is 2.27. The topological polar surface area (TPSA) is 92.3 Å². The maximum Gasteiger partial charge on any atom is 0.237 e. The van der Waals surface area contributed by atoms with Crippen molar-refractivity contribution in [1.82, 2.24) is 0 Å². The molecule has 3 rings (SSSR count). The lowest BCUT2D eigenvalue weighted by atomic mass is 10.2. The number of nitrogens with one attached hydrogen (secondary N) is 2. The van der Waals surface area contributed by atoms with Crippen molar-refractivity contribution in [2.24, 2.45) is 0 Å². The van der Waals surface area contributed by atoms with E-state index in [2.05, 4.69) is 10.6 Å². The predicted octanol–water partition coefficient (Wildman–Crippen LogP) is 4.27. The number of carbonyl (C=O) groups excluding carboxylic acids is 2. The summed E-state index contributed by atoms with van der Waals surface area (Å²) in [5, 5.41) is 5.62. The Bertz CT molecular complexity index is 1070. The number of sulfone groups is 1. The number of anilines is 2. The van der Waals surface area contributed by atoms with Crippen LogP contribution in [0.2, 0.25) is 5.02 Å². The number of hydrogen-bond acceptors (Lipinski definition) is 5. The van der Waals surface area contributed by atoms with Gasteiger partial charge in [-0.15, -0.1) is 11.8 Å². The number of thioether (sulfide) groups is 1. The van der Waals surface area contributed by atoms with Crippen LogP contribution >= 0.6 is 23.4 Å². The van der Waals surface area contributed by atoms with Gasteiger partial charge in [0.2, 0.25) is 11.8 Å². The number of fused-ring (bicyclic) bond motifs is 1. The zero-order valence-electron chi connectivity index (χ0n) is 16.0. The third kappa shape index (κ3) is 5.12. The summed E-state index contributed by atoms with van der Waals surface area (Å²) in [6, 6.07) is 9.87. The average molecular weight is 453 g/mol. The Hall–Kier alpha value is -2.03. The lowest BCUT2D eigenvalue weighted by molar-refractivity contribution is -0.116. The largest absolute Gasteiger partial charge is 0.325 e. The van der Waals surface area contributed by atoms with E-state index in [1.54, 1.807) is 24.3 Å². The van der Waals surface area contributed by atoms with E-state index < -0.39 is 15.7 Å². The maximum absolute atomic E-state index is 12.7. The van der Waals surface area contributed by atoms with Crippen LogP contribution in [0, 0.1) is 6.92 Å². The molecule has 1 heterocycles. The Morgan fingerprint density at radius 3 is 2.69 bits per heavy atom. The summed E-state index contributed by atoms with van der Waals surface area (Å²) in [7, 11) is -3.69. The molecule has 0 spiro atoms. The van der Waals surface area contributed by atoms with Crippen LogP contribution in [0.5, 0.6) is 0 Å². The minimum Gasteiger partial charge on any atom is -0.325 e. The number of hydrogen-bond donors (Lipinski definition) is 2. The average Bonchev–Trinajstić information content (AvgIpc) is 2.67. The van der Waals surface area contributed by atoms with Gasteiger partial charge in [-0.3, -0.25) is 9.59 Å². The summed E-state index contributed by atoms with van der Waals surface area (Å²) in [4.78, 5) is 25.1. The second kappa shape index (κ2) is 8.77. The molecule has 9 heteroatoms. The van der Waals surface area contributed by atoms with Crippen LogP contribution in [0.25, 0.3) is 0 Å². The van der Waals surface area contributed by atoms with Crippen molar-refractivity contribution in [1.29, 1.82) is 0 Å². The predicted molar refractivity (Wildman–Crippen MR) is 116 cm³/mol. The Morgan fingerprint density at radius 2 is 2.00 bits per heavy atom.